The second-order valence-corrected chi connectivity index (χ2v) is 2.61. The molecule has 0 amide bonds. The summed E-state index contributed by atoms with van der Waals surface area (Å²) < 4.78 is 0. The first-order chi connectivity index (χ1) is 7.88. The van der Waals surface area contributed by atoms with Crippen LogP contribution in [0.15, 0.2) is 48.6 Å². The van der Waals surface area contributed by atoms with Crippen LogP contribution in [0.3, 0.4) is 0 Å². The van der Waals surface area contributed by atoms with Crippen LogP contribution in [0, 0.1) is 0 Å². The Kier molecular flexibility index (Phi) is 21.2. The minimum atomic E-state index is 0. The van der Waals surface area contributed by atoms with E-state index >= 15 is 0 Å². The third-order valence-electron chi connectivity index (χ3n) is 1.76. The fourth-order valence-corrected chi connectivity index (χ4v) is 1.17. The summed E-state index contributed by atoms with van der Waals surface area (Å²) in [5.41, 5.74) is 2.55. The van der Waals surface area contributed by atoms with E-state index in [1.807, 2.05) is 40.7 Å². The van der Waals surface area contributed by atoms with Crippen molar-refractivity contribution in [2.45, 2.75) is 49.0 Å². The van der Waals surface area contributed by atoms with Gasteiger partial charge in [0.25, 0.3) is 0 Å². The standard InChI is InChI=1S/C12H14.2C2H6.CH4/c1-3-8-11(4-2)12-9-6-5-7-10-12;2*1-2;/h3-10H,1-2H3;2*1-2H3;1H4/b8-3-,11-4+;;;. The van der Waals surface area contributed by atoms with Gasteiger partial charge in [0.2, 0.25) is 0 Å². The van der Waals surface area contributed by atoms with Crippen LogP contribution in [-0.2, 0) is 0 Å². The Balaban J connectivity index is -0.000000355. The van der Waals surface area contributed by atoms with Gasteiger partial charge in [-0.1, -0.05) is 83.7 Å². The van der Waals surface area contributed by atoms with Gasteiger partial charge in [0.05, 0.1) is 0 Å². The monoisotopic (exact) mass is 234 g/mol. The molecule has 1 rings (SSSR count). The van der Waals surface area contributed by atoms with Gasteiger partial charge >= 0.3 is 0 Å². The van der Waals surface area contributed by atoms with Crippen LogP contribution in [0.1, 0.15) is 54.5 Å². The molecule has 98 valence electrons. The third kappa shape index (κ3) is 9.62. The summed E-state index contributed by atoms with van der Waals surface area (Å²) in [4.78, 5) is 0. The smallest absolute Gasteiger partial charge is 0.0187 e. The Morgan fingerprint density at radius 3 is 1.71 bits per heavy atom. The fourth-order valence-electron chi connectivity index (χ4n) is 1.17. The van der Waals surface area contributed by atoms with Crippen molar-refractivity contribution in [2.24, 2.45) is 0 Å². The van der Waals surface area contributed by atoms with Gasteiger partial charge in [-0.3, -0.25) is 0 Å². The number of benzene rings is 1. The van der Waals surface area contributed by atoms with Crippen LogP contribution in [0.2, 0.25) is 0 Å². The summed E-state index contributed by atoms with van der Waals surface area (Å²) in [7, 11) is 0. The molecule has 1 aromatic rings. The molecule has 0 bridgehead atoms. The Bertz CT molecular complexity index is 278. The van der Waals surface area contributed by atoms with Gasteiger partial charge in [-0.25, -0.2) is 0 Å². The lowest BCUT2D eigenvalue weighted by Gasteiger charge is -1.99. The molecule has 0 N–H and O–H groups in total. The molecule has 0 nitrogen and oxygen atoms in total. The van der Waals surface area contributed by atoms with Crippen LogP contribution in [0.25, 0.3) is 5.57 Å². The van der Waals surface area contributed by atoms with Crippen LogP contribution in [0.4, 0.5) is 0 Å². The van der Waals surface area contributed by atoms with Gasteiger partial charge in [-0.2, -0.15) is 0 Å². The lowest BCUT2D eigenvalue weighted by Crippen LogP contribution is -1.77. The van der Waals surface area contributed by atoms with Crippen molar-refractivity contribution in [3.05, 3.63) is 54.1 Å². The minimum absolute atomic E-state index is 0. The molecule has 0 aliphatic rings. The summed E-state index contributed by atoms with van der Waals surface area (Å²) in [5, 5.41) is 0. The molecule has 0 heterocycles. The van der Waals surface area contributed by atoms with Crippen LogP contribution in [0.5, 0.6) is 0 Å². The van der Waals surface area contributed by atoms with E-state index in [1.165, 1.54) is 11.1 Å². The molecule has 1 aromatic carbocycles. The molecule has 0 heteroatoms. The Hall–Kier alpha value is -1.30. The highest BCUT2D eigenvalue weighted by Crippen LogP contribution is 2.14. The molecule has 0 fully saturated rings. The maximum Gasteiger partial charge on any atom is -0.0187 e. The Labute approximate surface area is 109 Å². The molecular formula is C17H30. The second kappa shape index (κ2) is 17.1. The first-order valence-corrected chi connectivity index (χ1v) is 6.23. The van der Waals surface area contributed by atoms with E-state index in [0.717, 1.165) is 0 Å². The molecule has 0 unspecified atom stereocenters. The van der Waals surface area contributed by atoms with E-state index in [2.05, 4.69) is 49.4 Å². The highest BCUT2D eigenvalue weighted by molar-refractivity contribution is 5.73. The third-order valence-corrected chi connectivity index (χ3v) is 1.76. The van der Waals surface area contributed by atoms with Crippen molar-refractivity contribution in [1.82, 2.24) is 0 Å². The molecule has 0 aliphatic carbocycles. The predicted molar refractivity (Wildman–Crippen MR) is 84.3 cm³/mol. The van der Waals surface area contributed by atoms with Crippen molar-refractivity contribution in [3.8, 4) is 0 Å². The topological polar surface area (TPSA) is 0 Å². The lowest BCUT2D eigenvalue weighted by atomic mass is 10.1. The van der Waals surface area contributed by atoms with E-state index in [9.17, 15) is 0 Å². The minimum Gasteiger partial charge on any atom is -0.0871 e. The predicted octanol–water partition coefficient (Wildman–Crippen LogP) is 6.35. The molecular weight excluding hydrogens is 204 g/mol. The molecule has 17 heavy (non-hydrogen) atoms. The summed E-state index contributed by atoms with van der Waals surface area (Å²) >= 11 is 0. The van der Waals surface area contributed by atoms with Gasteiger partial charge in [-0.15, -0.1) is 0 Å². The molecule has 0 radical (unpaired) electrons. The highest BCUT2D eigenvalue weighted by Gasteiger charge is 1.92. The molecule has 0 aliphatic heterocycles. The number of rotatable bonds is 2. The summed E-state index contributed by atoms with van der Waals surface area (Å²) in [6.07, 6.45) is 6.30. The quantitative estimate of drug-likeness (QED) is 0.523. The van der Waals surface area contributed by atoms with E-state index in [-0.39, 0.29) is 7.43 Å². The normalized spacial score (nSPS) is 9.41. The zero-order chi connectivity index (χ0) is 12.8. The van der Waals surface area contributed by atoms with Crippen molar-refractivity contribution >= 4 is 5.57 Å². The van der Waals surface area contributed by atoms with Crippen molar-refractivity contribution in [3.63, 3.8) is 0 Å². The van der Waals surface area contributed by atoms with E-state index in [4.69, 9.17) is 0 Å². The first-order valence-electron chi connectivity index (χ1n) is 6.23. The Morgan fingerprint density at radius 2 is 1.35 bits per heavy atom. The van der Waals surface area contributed by atoms with Gasteiger partial charge in [0.1, 0.15) is 0 Å². The van der Waals surface area contributed by atoms with Gasteiger partial charge in [0.15, 0.2) is 0 Å². The largest absolute Gasteiger partial charge is 0.0871 e. The van der Waals surface area contributed by atoms with Crippen molar-refractivity contribution < 1.29 is 0 Å². The van der Waals surface area contributed by atoms with E-state index < -0.39 is 0 Å². The van der Waals surface area contributed by atoms with Gasteiger partial charge in [0, 0.05) is 0 Å². The average molecular weight is 234 g/mol. The van der Waals surface area contributed by atoms with Crippen LogP contribution < -0.4 is 0 Å². The maximum absolute atomic E-state index is 2.12. The van der Waals surface area contributed by atoms with Crippen molar-refractivity contribution in [2.75, 3.05) is 0 Å². The van der Waals surface area contributed by atoms with Crippen LogP contribution in [-0.4, -0.2) is 0 Å². The first kappa shape index (κ1) is 21.0. The average Bonchev–Trinajstić information content (AvgIpc) is 2.41. The number of hydrogen-bond donors (Lipinski definition) is 0. The fraction of sp³-hybridized carbons (Fsp3) is 0.412. The zero-order valence-corrected chi connectivity index (χ0v) is 11.6. The van der Waals surface area contributed by atoms with E-state index in [1.54, 1.807) is 0 Å². The maximum atomic E-state index is 2.12. The highest BCUT2D eigenvalue weighted by atomic mass is 14.0. The molecule has 0 saturated carbocycles. The summed E-state index contributed by atoms with van der Waals surface area (Å²) in [5.74, 6) is 0. The summed E-state index contributed by atoms with van der Waals surface area (Å²) in [6, 6.07) is 10.4. The number of allylic oxidation sites excluding steroid dienone is 4. The van der Waals surface area contributed by atoms with Gasteiger partial charge < -0.3 is 0 Å². The number of hydrogen-bond acceptors (Lipinski definition) is 0. The molecule has 0 spiro atoms. The molecule has 0 saturated heterocycles. The second-order valence-electron chi connectivity index (χ2n) is 2.61. The van der Waals surface area contributed by atoms with Gasteiger partial charge in [-0.05, 0) is 25.0 Å². The Morgan fingerprint density at radius 1 is 0.882 bits per heavy atom. The van der Waals surface area contributed by atoms with Crippen LogP contribution >= 0.6 is 0 Å². The lowest BCUT2D eigenvalue weighted by molar-refractivity contribution is 1.50. The summed E-state index contributed by atoms with van der Waals surface area (Å²) in [6.45, 7) is 12.1. The molecule has 0 aromatic heterocycles. The molecule has 0 atom stereocenters. The van der Waals surface area contributed by atoms with Crippen molar-refractivity contribution in [1.29, 1.82) is 0 Å². The van der Waals surface area contributed by atoms with E-state index in [0.29, 0.717) is 0 Å². The SMILES string of the molecule is C.C/C=C\C(=C/C)c1ccccc1.CC.CC. The zero-order valence-electron chi connectivity index (χ0n) is 11.6.